The van der Waals surface area contributed by atoms with Crippen LogP contribution < -0.4 is 28.2 Å². The monoisotopic (exact) mass is 397 g/mol. The summed E-state index contributed by atoms with van der Waals surface area (Å²) in [4.78, 5) is 41.8. The molecule has 28 heavy (non-hydrogen) atoms. The van der Waals surface area contributed by atoms with Crippen molar-refractivity contribution in [1.29, 1.82) is 0 Å². The third-order valence-corrected chi connectivity index (χ3v) is 3.71. The Labute approximate surface area is 161 Å². The highest BCUT2D eigenvalue weighted by Crippen LogP contribution is 2.02. The quantitative estimate of drug-likeness (QED) is 0.170. The number of carbonyl (C=O) groups is 2. The van der Waals surface area contributed by atoms with Crippen LogP contribution >= 0.6 is 0 Å². The van der Waals surface area contributed by atoms with Gasteiger partial charge in [-0.3, -0.25) is 9.56 Å². The van der Waals surface area contributed by atoms with Gasteiger partial charge < -0.3 is 32.4 Å². The molecule has 0 fully saturated rings. The predicted molar refractivity (Wildman–Crippen MR) is 103 cm³/mol. The van der Waals surface area contributed by atoms with Crippen LogP contribution in [0.3, 0.4) is 0 Å². The molecule has 12 nitrogen and oxygen atoms in total. The van der Waals surface area contributed by atoms with Gasteiger partial charge in [-0.1, -0.05) is 0 Å². The molecule has 0 bridgehead atoms. The molecule has 0 spiro atoms. The molecule has 0 aliphatic carbocycles. The third kappa shape index (κ3) is 9.40. The lowest BCUT2D eigenvalue weighted by atomic mass is 10.1. The smallest absolute Gasteiger partial charge is 0.407 e. The maximum absolute atomic E-state index is 11.7. The van der Waals surface area contributed by atoms with Crippen LogP contribution in [0.1, 0.15) is 32.1 Å². The summed E-state index contributed by atoms with van der Waals surface area (Å²) in [6.07, 6.45) is 3.33. The zero-order chi connectivity index (χ0) is 20.9. The van der Waals surface area contributed by atoms with E-state index in [1.165, 1.54) is 4.57 Å². The number of alkyl carbamates (subject to hydrolysis) is 1. The molecule has 1 rings (SSSR count). The highest BCUT2D eigenvalue weighted by Gasteiger charge is 2.20. The van der Waals surface area contributed by atoms with Gasteiger partial charge >= 0.3 is 17.8 Å². The van der Waals surface area contributed by atoms with Crippen molar-refractivity contribution in [3.05, 3.63) is 22.7 Å². The van der Waals surface area contributed by atoms with Crippen LogP contribution in [0.15, 0.2) is 22.1 Å². The number of nitrogens with two attached hydrogens (primary N) is 3. The lowest BCUT2D eigenvalue weighted by molar-refractivity contribution is -0.139. The average molecular weight is 397 g/mol. The maximum Gasteiger partial charge on any atom is 0.407 e. The molecule has 8 N–H and O–H groups in total. The van der Waals surface area contributed by atoms with Gasteiger partial charge in [0, 0.05) is 19.3 Å². The van der Waals surface area contributed by atoms with Crippen LogP contribution in [0.25, 0.3) is 0 Å². The van der Waals surface area contributed by atoms with Crippen molar-refractivity contribution in [2.75, 3.05) is 18.9 Å². The van der Waals surface area contributed by atoms with Gasteiger partial charge in [0.15, 0.2) is 5.96 Å². The van der Waals surface area contributed by atoms with E-state index >= 15 is 0 Å². The van der Waals surface area contributed by atoms with Crippen molar-refractivity contribution in [1.82, 2.24) is 14.9 Å². The Bertz CT molecular complexity index is 730. The number of aromatic nitrogens is 2. The second-order valence-electron chi connectivity index (χ2n) is 6.01. The molecule has 1 atom stereocenters. The van der Waals surface area contributed by atoms with E-state index < -0.39 is 23.8 Å². The number of anilines is 1. The van der Waals surface area contributed by atoms with Crippen molar-refractivity contribution in [2.45, 2.75) is 44.7 Å². The Balaban J connectivity index is 2.21. The second-order valence-corrected chi connectivity index (χ2v) is 6.01. The van der Waals surface area contributed by atoms with Crippen LogP contribution in [0.4, 0.5) is 10.6 Å². The summed E-state index contributed by atoms with van der Waals surface area (Å²) < 4.78 is 6.43. The number of carboxylic acids is 1. The number of carbonyl (C=O) groups excluding carboxylic acids is 1. The molecular formula is C16H27N7O5. The Morgan fingerprint density at radius 3 is 2.68 bits per heavy atom. The van der Waals surface area contributed by atoms with E-state index in [1.807, 2.05) is 0 Å². The van der Waals surface area contributed by atoms with E-state index in [4.69, 9.17) is 27.0 Å². The number of carboxylic acid groups (broad SMARTS) is 1. The molecule has 0 unspecified atom stereocenters. The van der Waals surface area contributed by atoms with E-state index in [-0.39, 0.29) is 31.3 Å². The van der Waals surface area contributed by atoms with Gasteiger partial charge in [-0.25, -0.2) is 14.4 Å². The Hall–Kier alpha value is -3.31. The minimum Gasteiger partial charge on any atom is -0.480 e. The molecule has 0 radical (unpaired) electrons. The first-order valence-corrected chi connectivity index (χ1v) is 8.84. The van der Waals surface area contributed by atoms with Gasteiger partial charge in [0.1, 0.15) is 11.9 Å². The van der Waals surface area contributed by atoms with E-state index in [1.54, 1.807) is 12.3 Å². The average Bonchev–Trinajstić information content (AvgIpc) is 2.61. The van der Waals surface area contributed by atoms with Crippen molar-refractivity contribution >= 4 is 23.8 Å². The number of hydrogen-bond donors (Lipinski definition) is 5. The number of aliphatic carboxylic acids is 1. The largest absolute Gasteiger partial charge is 0.480 e. The summed E-state index contributed by atoms with van der Waals surface area (Å²) in [5.41, 5.74) is 15.4. The van der Waals surface area contributed by atoms with Gasteiger partial charge in [0.05, 0.1) is 6.61 Å². The minimum absolute atomic E-state index is 0.0724. The van der Waals surface area contributed by atoms with Gasteiger partial charge in [-0.15, -0.1) is 0 Å². The van der Waals surface area contributed by atoms with Crippen LogP contribution in [0.5, 0.6) is 0 Å². The summed E-state index contributed by atoms with van der Waals surface area (Å²) in [6, 6.07) is 0.469. The maximum atomic E-state index is 11.7. The molecule has 1 aromatic heterocycles. The van der Waals surface area contributed by atoms with E-state index in [9.17, 15) is 14.4 Å². The van der Waals surface area contributed by atoms with Crippen molar-refractivity contribution in [3.63, 3.8) is 0 Å². The number of unbranched alkanes of at least 4 members (excludes halogenated alkanes) is 2. The first kappa shape index (κ1) is 22.7. The number of nitrogen functional groups attached to an aromatic ring is 1. The van der Waals surface area contributed by atoms with E-state index in [0.717, 1.165) is 0 Å². The van der Waals surface area contributed by atoms with Crippen LogP contribution in [0.2, 0.25) is 0 Å². The molecule has 1 aromatic rings. The minimum atomic E-state index is -1.16. The molecule has 0 saturated heterocycles. The number of rotatable bonds is 12. The summed E-state index contributed by atoms with van der Waals surface area (Å²) >= 11 is 0. The Kier molecular flexibility index (Phi) is 9.86. The number of guanidine groups is 1. The lowest BCUT2D eigenvalue weighted by Gasteiger charge is -2.14. The van der Waals surface area contributed by atoms with Crippen LogP contribution in [-0.2, 0) is 16.1 Å². The normalized spacial score (nSPS) is 11.4. The van der Waals surface area contributed by atoms with E-state index in [2.05, 4.69) is 15.3 Å². The highest BCUT2D eigenvalue weighted by molar-refractivity contribution is 5.79. The first-order chi connectivity index (χ1) is 13.3. The molecule has 156 valence electrons. The summed E-state index contributed by atoms with van der Waals surface area (Å²) in [5.74, 6) is -1.06. The molecule has 0 saturated carbocycles. The van der Waals surface area contributed by atoms with Crippen molar-refractivity contribution in [2.24, 2.45) is 16.5 Å². The van der Waals surface area contributed by atoms with Crippen molar-refractivity contribution in [3.8, 4) is 0 Å². The summed E-state index contributed by atoms with van der Waals surface area (Å²) in [7, 11) is 0. The molecule has 1 heterocycles. The van der Waals surface area contributed by atoms with Gasteiger partial charge in [-0.05, 0) is 38.2 Å². The number of nitrogens with zero attached hydrogens (tertiary/aromatic N) is 3. The molecule has 0 aliphatic heterocycles. The SMILES string of the molecule is NC(N)=NCCC[C@H](NC(=O)OCCCCCn1ccc(N)nc1=O)C(=O)O. The number of nitrogens with one attached hydrogen (secondary N) is 1. The van der Waals surface area contributed by atoms with E-state index in [0.29, 0.717) is 32.2 Å². The zero-order valence-electron chi connectivity index (χ0n) is 15.5. The fourth-order valence-electron chi connectivity index (χ4n) is 2.28. The third-order valence-electron chi connectivity index (χ3n) is 3.71. The highest BCUT2D eigenvalue weighted by atomic mass is 16.5. The Morgan fingerprint density at radius 2 is 2.04 bits per heavy atom. The standard InChI is InChI=1S/C16H27N7O5/c17-12-6-9-23(15(26)22-12)8-2-1-3-10-28-16(27)21-11(13(24)25)5-4-7-20-14(18)19/h6,9,11H,1-5,7-8,10H2,(H,21,27)(H,24,25)(H2,17,22,26)(H4,18,19,20)/t11-/m0/s1. The van der Waals surface area contributed by atoms with Crippen LogP contribution in [0, 0.1) is 0 Å². The number of amides is 1. The summed E-state index contributed by atoms with van der Waals surface area (Å²) in [5, 5.41) is 11.4. The number of aliphatic imine (C=N–C) groups is 1. The molecule has 12 heteroatoms. The predicted octanol–water partition coefficient (Wildman–Crippen LogP) is -0.771. The lowest BCUT2D eigenvalue weighted by Crippen LogP contribution is -2.41. The van der Waals surface area contributed by atoms with Gasteiger partial charge in [0.25, 0.3) is 0 Å². The first-order valence-electron chi connectivity index (χ1n) is 8.84. The summed E-state index contributed by atoms with van der Waals surface area (Å²) in [6.45, 7) is 0.895. The zero-order valence-corrected chi connectivity index (χ0v) is 15.5. The molecule has 0 aromatic carbocycles. The fourth-order valence-corrected chi connectivity index (χ4v) is 2.28. The van der Waals surface area contributed by atoms with Gasteiger partial charge in [-0.2, -0.15) is 4.98 Å². The number of aryl methyl sites for hydroxylation is 1. The fraction of sp³-hybridized carbons (Fsp3) is 0.562. The molecular weight excluding hydrogens is 370 g/mol. The topological polar surface area (TPSA) is 201 Å². The van der Waals surface area contributed by atoms with Gasteiger partial charge in [0.2, 0.25) is 0 Å². The number of ether oxygens (including phenoxy) is 1. The van der Waals surface area contributed by atoms with Crippen molar-refractivity contribution < 1.29 is 19.4 Å². The number of hydrogen-bond acceptors (Lipinski definition) is 7. The van der Waals surface area contributed by atoms with Crippen LogP contribution in [-0.4, -0.2) is 51.9 Å². The second kappa shape index (κ2) is 12.1. The molecule has 0 aliphatic rings. The molecule has 1 amide bonds. The Morgan fingerprint density at radius 1 is 1.29 bits per heavy atom.